The second-order valence-electron chi connectivity index (χ2n) is 5.38. The van der Waals surface area contributed by atoms with Gasteiger partial charge in [0.2, 0.25) is 0 Å². The molecule has 2 aromatic heterocycles. The average Bonchev–Trinajstić information content (AvgIpc) is 2.82. The van der Waals surface area contributed by atoms with Gasteiger partial charge in [-0.15, -0.1) is 0 Å². The van der Waals surface area contributed by atoms with Crippen LogP contribution in [0.4, 0.5) is 0 Å². The first-order valence-corrected chi connectivity index (χ1v) is 6.99. The second-order valence-corrected chi connectivity index (χ2v) is 5.38. The average molecular weight is 285 g/mol. The first kappa shape index (κ1) is 15.1. The molecule has 0 fully saturated rings. The zero-order valence-corrected chi connectivity index (χ0v) is 12.3. The molecular weight excluding hydrogens is 266 g/mol. The van der Waals surface area contributed by atoms with Gasteiger partial charge >= 0.3 is 5.97 Å². The fourth-order valence-corrected chi connectivity index (χ4v) is 2.50. The third-order valence-electron chi connectivity index (χ3n) is 3.77. The Morgan fingerprint density at radius 2 is 2.29 bits per heavy atom. The number of pyridine rings is 1. The van der Waals surface area contributed by atoms with Gasteiger partial charge in [-0.3, -0.25) is 10.1 Å². The summed E-state index contributed by atoms with van der Waals surface area (Å²) in [5.74, 6) is -0.869. The Balaban J connectivity index is 2.28. The van der Waals surface area contributed by atoms with Gasteiger partial charge in [-0.1, -0.05) is 19.4 Å². The van der Waals surface area contributed by atoms with Crippen LogP contribution in [0.25, 0.3) is 5.52 Å². The zero-order valence-electron chi connectivity index (χ0n) is 12.3. The minimum Gasteiger partial charge on any atom is -0.480 e. The number of aliphatic carboxylic acids is 1. The van der Waals surface area contributed by atoms with Gasteiger partial charge in [0.25, 0.3) is 0 Å². The van der Waals surface area contributed by atoms with Crippen LogP contribution in [0.1, 0.15) is 37.8 Å². The number of carboxylic acid groups (broad SMARTS) is 1. The Labute approximate surface area is 123 Å². The summed E-state index contributed by atoms with van der Waals surface area (Å²) in [7, 11) is 0. The second kappa shape index (κ2) is 5.98. The van der Waals surface area contributed by atoms with Gasteiger partial charge in [0.15, 0.2) is 0 Å². The molecule has 0 spiro atoms. The maximum absolute atomic E-state index is 11.4. The Kier molecular flexibility index (Phi) is 4.29. The Morgan fingerprint density at radius 3 is 2.90 bits per heavy atom. The van der Waals surface area contributed by atoms with Crippen LogP contribution < -0.4 is 5.32 Å². The van der Waals surface area contributed by atoms with Crippen LogP contribution in [0.5, 0.6) is 0 Å². The van der Waals surface area contributed by atoms with Gasteiger partial charge in [-0.05, 0) is 25.5 Å². The van der Waals surface area contributed by atoms with Crippen LogP contribution in [0.15, 0.2) is 30.6 Å². The molecule has 0 saturated heterocycles. The number of fused-ring (bicyclic) bond motifs is 1. The SMILES string of the molecule is CCCC(C)(NCc1cn2ccccc2c1C#N)C(=O)O. The highest BCUT2D eigenvalue weighted by molar-refractivity contribution is 5.78. The van der Waals surface area contributed by atoms with E-state index in [-0.39, 0.29) is 0 Å². The van der Waals surface area contributed by atoms with E-state index in [1.165, 1.54) is 0 Å². The maximum atomic E-state index is 11.4. The fraction of sp³-hybridized carbons (Fsp3) is 0.375. The molecule has 2 heterocycles. The van der Waals surface area contributed by atoms with Crippen LogP contribution in [-0.2, 0) is 11.3 Å². The minimum absolute atomic E-state index is 0.355. The van der Waals surface area contributed by atoms with Crippen molar-refractivity contribution in [3.8, 4) is 6.07 Å². The van der Waals surface area contributed by atoms with Crippen LogP contribution >= 0.6 is 0 Å². The third kappa shape index (κ3) is 2.91. The number of nitrogens with one attached hydrogen (secondary N) is 1. The van der Waals surface area contributed by atoms with E-state index in [4.69, 9.17) is 0 Å². The van der Waals surface area contributed by atoms with Gasteiger partial charge in [0.1, 0.15) is 11.6 Å². The van der Waals surface area contributed by atoms with Crippen molar-refractivity contribution in [1.29, 1.82) is 5.26 Å². The van der Waals surface area contributed by atoms with Crippen molar-refractivity contribution < 1.29 is 9.90 Å². The zero-order chi connectivity index (χ0) is 15.5. The van der Waals surface area contributed by atoms with Crippen molar-refractivity contribution in [3.63, 3.8) is 0 Å². The van der Waals surface area contributed by atoms with Crippen molar-refractivity contribution in [3.05, 3.63) is 41.7 Å². The molecule has 0 aromatic carbocycles. The monoisotopic (exact) mass is 285 g/mol. The number of carboxylic acids is 1. The number of nitriles is 1. The minimum atomic E-state index is -0.977. The van der Waals surface area contributed by atoms with Crippen molar-refractivity contribution >= 4 is 11.5 Å². The topological polar surface area (TPSA) is 77.5 Å². The molecule has 0 bridgehead atoms. The third-order valence-corrected chi connectivity index (χ3v) is 3.77. The lowest BCUT2D eigenvalue weighted by molar-refractivity contribution is -0.144. The van der Waals surface area contributed by atoms with E-state index in [1.807, 2.05) is 41.9 Å². The molecule has 21 heavy (non-hydrogen) atoms. The lowest BCUT2D eigenvalue weighted by Gasteiger charge is -2.25. The number of hydrogen-bond donors (Lipinski definition) is 2. The van der Waals surface area contributed by atoms with Gasteiger partial charge in [0.05, 0.1) is 11.1 Å². The number of nitrogens with zero attached hydrogens (tertiary/aromatic N) is 2. The molecule has 2 aromatic rings. The normalized spacial score (nSPS) is 13.8. The number of hydrogen-bond acceptors (Lipinski definition) is 3. The summed E-state index contributed by atoms with van der Waals surface area (Å²) in [5, 5.41) is 21.8. The highest BCUT2D eigenvalue weighted by Gasteiger charge is 2.31. The molecule has 1 unspecified atom stereocenters. The lowest BCUT2D eigenvalue weighted by Crippen LogP contribution is -2.48. The fourth-order valence-electron chi connectivity index (χ4n) is 2.50. The van der Waals surface area contributed by atoms with E-state index < -0.39 is 11.5 Å². The largest absolute Gasteiger partial charge is 0.480 e. The Hall–Kier alpha value is -2.32. The first-order chi connectivity index (χ1) is 10.0. The summed E-state index contributed by atoms with van der Waals surface area (Å²) in [5.41, 5.74) is 1.26. The molecule has 110 valence electrons. The molecule has 0 radical (unpaired) electrons. The highest BCUT2D eigenvalue weighted by Crippen LogP contribution is 2.20. The molecule has 0 amide bonds. The smallest absolute Gasteiger partial charge is 0.323 e. The molecule has 0 aliphatic rings. The molecule has 5 nitrogen and oxygen atoms in total. The first-order valence-electron chi connectivity index (χ1n) is 6.99. The predicted molar refractivity (Wildman–Crippen MR) is 79.9 cm³/mol. The van der Waals surface area contributed by atoms with E-state index in [9.17, 15) is 15.2 Å². The van der Waals surface area contributed by atoms with Crippen molar-refractivity contribution in [2.75, 3.05) is 0 Å². The highest BCUT2D eigenvalue weighted by atomic mass is 16.4. The van der Waals surface area contributed by atoms with E-state index >= 15 is 0 Å². The molecule has 5 heteroatoms. The van der Waals surface area contributed by atoms with Crippen LogP contribution in [0, 0.1) is 11.3 Å². The van der Waals surface area contributed by atoms with E-state index in [0.717, 1.165) is 17.5 Å². The van der Waals surface area contributed by atoms with E-state index in [2.05, 4.69) is 11.4 Å². The molecular formula is C16H19N3O2. The van der Waals surface area contributed by atoms with Crippen LogP contribution in [0.2, 0.25) is 0 Å². The molecule has 0 saturated carbocycles. The molecule has 0 aliphatic heterocycles. The summed E-state index contributed by atoms with van der Waals surface area (Å²) in [6.45, 7) is 3.99. The van der Waals surface area contributed by atoms with E-state index in [0.29, 0.717) is 18.5 Å². The predicted octanol–water partition coefficient (Wildman–Crippen LogP) is 2.54. The van der Waals surface area contributed by atoms with E-state index in [1.54, 1.807) is 6.92 Å². The van der Waals surface area contributed by atoms with Crippen LogP contribution in [0.3, 0.4) is 0 Å². The van der Waals surface area contributed by atoms with Crippen LogP contribution in [-0.4, -0.2) is 21.0 Å². The lowest BCUT2D eigenvalue weighted by atomic mass is 9.96. The summed E-state index contributed by atoms with van der Waals surface area (Å²) in [6.07, 6.45) is 5.06. The standard InChI is InChI=1S/C16H19N3O2/c1-3-7-16(2,15(20)21)18-10-12-11-19-8-5-4-6-14(19)13(12)9-17/h4-6,8,11,18H,3,7,10H2,1-2H3,(H,20,21). The number of aromatic nitrogens is 1. The van der Waals surface area contributed by atoms with Gasteiger partial charge < -0.3 is 9.51 Å². The van der Waals surface area contributed by atoms with Crippen molar-refractivity contribution in [2.45, 2.75) is 38.8 Å². The summed E-state index contributed by atoms with van der Waals surface area (Å²) >= 11 is 0. The Morgan fingerprint density at radius 1 is 1.52 bits per heavy atom. The van der Waals surface area contributed by atoms with Crippen molar-refractivity contribution in [1.82, 2.24) is 9.72 Å². The molecule has 2 rings (SSSR count). The molecule has 0 aliphatic carbocycles. The summed E-state index contributed by atoms with van der Waals surface area (Å²) in [6, 6.07) is 7.86. The van der Waals surface area contributed by atoms with Gasteiger partial charge in [-0.2, -0.15) is 5.26 Å². The summed E-state index contributed by atoms with van der Waals surface area (Å²) < 4.78 is 1.88. The number of rotatable bonds is 6. The van der Waals surface area contributed by atoms with Crippen molar-refractivity contribution in [2.24, 2.45) is 0 Å². The quantitative estimate of drug-likeness (QED) is 0.855. The number of carbonyl (C=O) groups is 1. The molecule has 2 N–H and O–H groups in total. The Bertz CT molecular complexity index is 699. The van der Waals surface area contributed by atoms with Gasteiger partial charge in [0, 0.05) is 24.5 Å². The van der Waals surface area contributed by atoms with Gasteiger partial charge in [-0.25, -0.2) is 0 Å². The maximum Gasteiger partial charge on any atom is 0.323 e. The summed E-state index contributed by atoms with van der Waals surface area (Å²) in [4.78, 5) is 11.4. The molecule has 1 atom stereocenters.